The van der Waals surface area contributed by atoms with Crippen LogP contribution in [0.1, 0.15) is 29.0 Å². The summed E-state index contributed by atoms with van der Waals surface area (Å²) in [6, 6.07) is 12.2. The zero-order valence-electron chi connectivity index (χ0n) is 15.7. The summed E-state index contributed by atoms with van der Waals surface area (Å²) in [4.78, 5) is 30.2. The normalized spacial score (nSPS) is 16.7. The molecule has 0 fully saturated rings. The fourth-order valence-electron chi connectivity index (χ4n) is 4.18. The van der Waals surface area contributed by atoms with Crippen molar-refractivity contribution in [3.63, 3.8) is 0 Å². The molecule has 1 aliphatic heterocycles. The molecule has 1 atom stereocenters. The lowest BCUT2D eigenvalue weighted by Crippen LogP contribution is -2.35. The van der Waals surface area contributed by atoms with Gasteiger partial charge in [-0.05, 0) is 23.8 Å². The number of rotatable bonds is 1. The van der Waals surface area contributed by atoms with E-state index < -0.39 is 29.1 Å². The SMILES string of the molecule is Cn1c(=O)c2c(n3c4ccccc4nc13)NC(=O)C[C@@H]2c1ccccc1C(F)(F)F. The number of carbonyl (C=O) groups is 1. The molecule has 0 bridgehead atoms. The molecule has 1 aliphatic rings. The topological polar surface area (TPSA) is 68.4 Å². The molecule has 30 heavy (non-hydrogen) atoms. The number of carbonyl (C=O) groups excluding carboxylic acids is 1. The van der Waals surface area contributed by atoms with Crippen LogP contribution in [0.5, 0.6) is 0 Å². The maximum absolute atomic E-state index is 13.7. The van der Waals surface area contributed by atoms with Crippen LogP contribution in [-0.4, -0.2) is 19.9 Å². The molecule has 0 radical (unpaired) electrons. The first-order chi connectivity index (χ1) is 14.3. The summed E-state index contributed by atoms with van der Waals surface area (Å²) in [6.45, 7) is 0. The van der Waals surface area contributed by atoms with Gasteiger partial charge in [-0.15, -0.1) is 0 Å². The Labute approximate surface area is 167 Å². The van der Waals surface area contributed by atoms with Gasteiger partial charge < -0.3 is 5.32 Å². The molecule has 1 N–H and O–H groups in total. The molecule has 152 valence electrons. The number of hydrogen-bond donors (Lipinski definition) is 1. The number of amides is 1. The third-order valence-corrected chi connectivity index (χ3v) is 5.49. The number of hydrogen-bond acceptors (Lipinski definition) is 3. The van der Waals surface area contributed by atoms with E-state index in [2.05, 4.69) is 10.3 Å². The molecule has 4 aromatic rings. The monoisotopic (exact) mass is 412 g/mol. The highest BCUT2D eigenvalue weighted by atomic mass is 19.4. The second kappa shape index (κ2) is 6.19. The Bertz CT molecular complexity index is 1400. The summed E-state index contributed by atoms with van der Waals surface area (Å²) in [5.74, 6) is -1.03. The van der Waals surface area contributed by atoms with E-state index in [1.54, 1.807) is 28.7 Å². The third kappa shape index (κ3) is 2.54. The van der Waals surface area contributed by atoms with Gasteiger partial charge >= 0.3 is 6.18 Å². The first kappa shape index (κ1) is 18.4. The Balaban J connectivity index is 1.90. The average molecular weight is 412 g/mol. The minimum atomic E-state index is -4.61. The van der Waals surface area contributed by atoms with Crippen LogP contribution < -0.4 is 10.9 Å². The molecule has 1 amide bonds. The molecule has 0 saturated carbocycles. The molecule has 9 heteroatoms. The van der Waals surface area contributed by atoms with Crippen LogP contribution >= 0.6 is 0 Å². The molecule has 3 heterocycles. The van der Waals surface area contributed by atoms with Crippen LogP contribution in [0.15, 0.2) is 53.3 Å². The number of aromatic nitrogens is 3. The molecular formula is C21H15F3N4O2. The van der Waals surface area contributed by atoms with Gasteiger partial charge in [0.25, 0.3) is 5.56 Å². The molecule has 5 rings (SSSR count). The van der Waals surface area contributed by atoms with E-state index in [1.165, 1.54) is 29.8 Å². The standard InChI is InChI=1S/C21H15F3N4O2/c1-27-19(30)17-12(11-6-2-3-7-13(11)21(22,23)24)10-16(29)26-18(17)28-15-9-5-4-8-14(15)25-20(27)28/h2-9,12H,10H2,1H3,(H,26,29)/t12-/m1/s1. The van der Waals surface area contributed by atoms with E-state index in [-0.39, 0.29) is 23.4 Å². The molecule has 0 unspecified atom stereocenters. The molecular weight excluding hydrogens is 397 g/mol. The Morgan fingerprint density at radius 2 is 1.77 bits per heavy atom. The quantitative estimate of drug-likeness (QED) is 0.519. The predicted molar refractivity (Wildman–Crippen MR) is 104 cm³/mol. The van der Waals surface area contributed by atoms with Gasteiger partial charge in [0, 0.05) is 19.4 Å². The summed E-state index contributed by atoms with van der Waals surface area (Å²) in [5.41, 5.74) is -0.0770. The van der Waals surface area contributed by atoms with Gasteiger partial charge in [-0.3, -0.25) is 18.6 Å². The number of anilines is 1. The van der Waals surface area contributed by atoms with E-state index in [9.17, 15) is 22.8 Å². The van der Waals surface area contributed by atoms with Crippen molar-refractivity contribution in [3.8, 4) is 0 Å². The lowest BCUT2D eigenvalue weighted by Gasteiger charge is -2.28. The zero-order valence-corrected chi connectivity index (χ0v) is 15.7. The largest absolute Gasteiger partial charge is 0.416 e. The van der Waals surface area contributed by atoms with E-state index in [0.29, 0.717) is 16.8 Å². The first-order valence-electron chi connectivity index (χ1n) is 9.23. The van der Waals surface area contributed by atoms with Gasteiger partial charge in [-0.25, -0.2) is 4.98 Å². The lowest BCUT2D eigenvalue weighted by molar-refractivity contribution is -0.138. The summed E-state index contributed by atoms with van der Waals surface area (Å²) >= 11 is 0. The predicted octanol–water partition coefficient (Wildman–Crippen LogP) is 3.68. The number of halogens is 3. The number of nitrogens with one attached hydrogen (secondary N) is 1. The van der Waals surface area contributed by atoms with Crippen molar-refractivity contribution in [1.29, 1.82) is 0 Å². The van der Waals surface area contributed by atoms with Crippen molar-refractivity contribution < 1.29 is 18.0 Å². The van der Waals surface area contributed by atoms with Crippen molar-refractivity contribution in [3.05, 3.63) is 75.6 Å². The van der Waals surface area contributed by atoms with Crippen LogP contribution in [0.3, 0.4) is 0 Å². The summed E-state index contributed by atoms with van der Waals surface area (Å²) < 4.78 is 43.9. The second-order valence-electron chi connectivity index (χ2n) is 7.25. The van der Waals surface area contributed by atoms with Crippen LogP contribution in [0, 0.1) is 0 Å². The van der Waals surface area contributed by atoms with Crippen molar-refractivity contribution in [2.75, 3.05) is 5.32 Å². The van der Waals surface area contributed by atoms with E-state index in [1.807, 2.05) is 0 Å². The second-order valence-corrected chi connectivity index (χ2v) is 7.25. The van der Waals surface area contributed by atoms with Crippen LogP contribution in [0.25, 0.3) is 16.8 Å². The highest BCUT2D eigenvalue weighted by Gasteiger charge is 2.39. The number of fused-ring (bicyclic) bond motifs is 5. The number of alkyl halides is 3. The maximum atomic E-state index is 13.7. The third-order valence-electron chi connectivity index (χ3n) is 5.49. The van der Waals surface area contributed by atoms with E-state index >= 15 is 0 Å². The molecule has 0 spiro atoms. The zero-order chi connectivity index (χ0) is 21.2. The Hall–Kier alpha value is -3.62. The Morgan fingerprint density at radius 1 is 1.07 bits per heavy atom. The lowest BCUT2D eigenvalue weighted by atomic mass is 9.84. The van der Waals surface area contributed by atoms with Gasteiger partial charge in [0.1, 0.15) is 5.82 Å². The van der Waals surface area contributed by atoms with E-state index in [4.69, 9.17) is 0 Å². The Morgan fingerprint density at radius 3 is 2.53 bits per heavy atom. The number of aryl methyl sites for hydroxylation is 1. The molecule has 0 aliphatic carbocycles. The van der Waals surface area contributed by atoms with Crippen LogP contribution in [0.4, 0.5) is 19.0 Å². The number of imidazole rings is 1. The van der Waals surface area contributed by atoms with Gasteiger partial charge in [-0.1, -0.05) is 30.3 Å². The summed E-state index contributed by atoms with van der Waals surface area (Å²) in [6.07, 6.45) is -4.87. The van der Waals surface area contributed by atoms with E-state index in [0.717, 1.165) is 6.07 Å². The van der Waals surface area contributed by atoms with Gasteiger partial charge in [0.15, 0.2) is 0 Å². The van der Waals surface area contributed by atoms with Crippen molar-refractivity contribution in [2.24, 2.45) is 7.05 Å². The van der Waals surface area contributed by atoms with Gasteiger partial charge in [0.05, 0.1) is 22.2 Å². The van der Waals surface area contributed by atoms with Gasteiger partial charge in [0.2, 0.25) is 11.7 Å². The molecule has 2 aromatic heterocycles. The number of nitrogens with zero attached hydrogens (tertiary/aromatic N) is 3. The molecule has 2 aromatic carbocycles. The van der Waals surface area contributed by atoms with Crippen molar-refractivity contribution >= 4 is 28.5 Å². The number of benzene rings is 2. The molecule has 6 nitrogen and oxygen atoms in total. The minimum Gasteiger partial charge on any atom is -0.311 e. The average Bonchev–Trinajstić information content (AvgIpc) is 3.10. The van der Waals surface area contributed by atoms with Crippen LogP contribution in [0.2, 0.25) is 0 Å². The highest BCUT2D eigenvalue weighted by molar-refractivity contribution is 5.96. The smallest absolute Gasteiger partial charge is 0.311 e. The Kier molecular flexibility index (Phi) is 3.80. The summed E-state index contributed by atoms with van der Waals surface area (Å²) in [7, 11) is 1.52. The molecule has 0 saturated heterocycles. The van der Waals surface area contributed by atoms with Crippen molar-refractivity contribution in [2.45, 2.75) is 18.5 Å². The minimum absolute atomic E-state index is 0.0954. The summed E-state index contributed by atoms with van der Waals surface area (Å²) in [5, 5.41) is 2.70. The fraction of sp³-hybridized carbons (Fsp3) is 0.190. The highest BCUT2D eigenvalue weighted by Crippen LogP contribution is 2.42. The fourth-order valence-corrected chi connectivity index (χ4v) is 4.18. The van der Waals surface area contributed by atoms with Crippen LogP contribution in [-0.2, 0) is 18.0 Å². The maximum Gasteiger partial charge on any atom is 0.416 e. The number of para-hydroxylation sites is 2. The van der Waals surface area contributed by atoms with Crippen molar-refractivity contribution in [1.82, 2.24) is 14.0 Å². The van der Waals surface area contributed by atoms with Gasteiger partial charge in [-0.2, -0.15) is 13.2 Å². The first-order valence-corrected chi connectivity index (χ1v) is 9.23.